The van der Waals surface area contributed by atoms with Crippen molar-refractivity contribution in [2.24, 2.45) is 0 Å². The maximum Gasteiger partial charge on any atom is 0.335 e. The summed E-state index contributed by atoms with van der Waals surface area (Å²) in [4.78, 5) is 21.5. The van der Waals surface area contributed by atoms with Gasteiger partial charge in [0.05, 0.1) is 11.1 Å². The first-order valence-electron chi connectivity index (χ1n) is 4.58. The van der Waals surface area contributed by atoms with Gasteiger partial charge in [-0.1, -0.05) is 12.1 Å². The van der Waals surface area contributed by atoms with Crippen LogP contribution < -0.4 is 0 Å². The SMILES string of the molecule is O=C(O)c1ccc2cc(C(=O)O)ccc2c1.[Co]. The third-order valence-electron chi connectivity index (χ3n) is 2.33. The summed E-state index contributed by atoms with van der Waals surface area (Å²) in [5.74, 6) is -1.99. The van der Waals surface area contributed by atoms with Crippen LogP contribution in [0.5, 0.6) is 0 Å². The normalized spacial score (nSPS) is 9.65. The number of carboxylic acids is 2. The largest absolute Gasteiger partial charge is 0.478 e. The summed E-state index contributed by atoms with van der Waals surface area (Å²) < 4.78 is 0. The van der Waals surface area contributed by atoms with Crippen LogP contribution in [0.1, 0.15) is 20.7 Å². The summed E-state index contributed by atoms with van der Waals surface area (Å²) in [6, 6.07) is 9.15. The Kier molecular flexibility index (Phi) is 3.87. The zero-order valence-electron chi connectivity index (χ0n) is 8.51. The van der Waals surface area contributed by atoms with Crippen molar-refractivity contribution in [2.45, 2.75) is 0 Å². The number of rotatable bonds is 2. The minimum Gasteiger partial charge on any atom is -0.478 e. The molecular formula is C12H8CoO4. The van der Waals surface area contributed by atoms with E-state index in [0.29, 0.717) is 10.8 Å². The number of carboxylic acid groups (broad SMARTS) is 2. The van der Waals surface area contributed by atoms with Crippen molar-refractivity contribution in [3.63, 3.8) is 0 Å². The molecule has 2 rings (SSSR count). The summed E-state index contributed by atoms with van der Waals surface area (Å²) in [6.45, 7) is 0. The first-order valence-corrected chi connectivity index (χ1v) is 4.58. The number of hydrogen-bond donors (Lipinski definition) is 2. The number of fused-ring (bicyclic) bond motifs is 1. The summed E-state index contributed by atoms with van der Waals surface area (Å²) in [5.41, 5.74) is 0.381. The third-order valence-corrected chi connectivity index (χ3v) is 2.33. The van der Waals surface area contributed by atoms with Crippen LogP contribution in [0.25, 0.3) is 10.8 Å². The van der Waals surface area contributed by atoms with Crippen molar-refractivity contribution in [2.75, 3.05) is 0 Å². The van der Waals surface area contributed by atoms with Gasteiger partial charge >= 0.3 is 11.9 Å². The van der Waals surface area contributed by atoms with Crippen LogP contribution in [0.2, 0.25) is 0 Å². The van der Waals surface area contributed by atoms with Gasteiger partial charge in [-0.05, 0) is 35.0 Å². The molecule has 0 aromatic heterocycles. The topological polar surface area (TPSA) is 74.6 Å². The molecule has 0 amide bonds. The van der Waals surface area contributed by atoms with Gasteiger partial charge in [-0.3, -0.25) is 0 Å². The Morgan fingerprint density at radius 2 is 1.12 bits per heavy atom. The maximum atomic E-state index is 10.7. The van der Waals surface area contributed by atoms with E-state index >= 15 is 0 Å². The van der Waals surface area contributed by atoms with Gasteiger partial charge in [0.1, 0.15) is 0 Å². The van der Waals surface area contributed by atoms with Gasteiger partial charge in [-0.25, -0.2) is 9.59 Å². The Hall–Kier alpha value is -1.85. The fourth-order valence-corrected chi connectivity index (χ4v) is 1.51. The second-order valence-corrected chi connectivity index (χ2v) is 3.39. The predicted molar refractivity (Wildman–Crippen MR) is 57.9 cm³/mol. The van der Waals surface area contributed by atoms with Crippen LogP contribution in [0, 0.1) is 0 Å². The minimum absolute atomic E-state index is 0. The zero-order valence-corrected chi connectivity index (χ0v) is 9.55. The fraction of sp³-hybridized carbons (Fsp3) is 0. The molecule has 0 saturated heterocycles. The van der Waals surface area contributed by atoms with E-state index in [-0.39, 0.29) is 27.9 Å². The maximum absolute atomic E-state index is 10.7. The number of hydrogen-bond acceptors (Lipinski definition) is 2. The summed E-state index contributed by atoms with van der Waals surface area (Å²) in [7, 11) is 0. The van der Waals surface area contributed by atoms with E-state index in [1.807, 2.05) is 0 Å². The molecule has 0 bridgehead atoms. The van der Waals surface area contributed by atoms with E-state index in [1.54, 1.807) is 12.1 Å². The molecular weight excluding hydrogens is 267 g/mol. The van der Waals surface area contributed by atoms with Gasteiger partial charge in [0.2, 0.25) is 0 Å². The molecule has 0 aliphatic carbocycles. The molecule has 0 fully saturated rings. The van der Waals surface area contributed by atoms with Crippen molar-refractivity contribution >= 4 is 22.7 Å². The molecule has 5 heteroatoms. The van der Waals surface area contributed by atoms with Crippen LogP contribution in [0.4, 0.5) is 0 Å². The molecule has 0 heterocycles. The molecule has 1 radical (unpaired) electrons. The van der Waals surface area contributed by atoms with Gasteiger partial charge in [-0.2, -0.15) is 0 Å². The Labute approximate surface area is 107 Å². The standard InChI is InChI=1S/C12H8O4.Co/c13-11(14)9-3-1-7-5-10(12(15)16)4-2-8(7)6-9;/h1-6H,(H,13,14)(H,15,16);. The first-order chi connectivity index (χ1) is 7.58. The molecule has 4 nitrogen and oxygen atoms in total. The van der Waals surface area contributed by atoms with Crippen molar-refractivity contribution in [3.05, 3.63) is 47.5 Å². The van der Waals surface area contributed by atoms with Crippen LogP contribution in [-0.2, 0) is 16.8 Å². The van der Waals surface area contributed by atoms with Crippen LogP contribution in [-0.4, -0.2) is 22.2 Å². The van der Waals surface area contributed by atoms with Crippen LogP contribution >= 0.6 is 0 Å². The van der Waals surface area contributed by atoms with Crippen molar-refractivity contribution < 1.29 is 36.6 Å². The molecule has 2 aromatic rings. The van der Waals surface area contributed by atoms with Crippen molar-refractivity contribution in [3.8, 4) is 0 Å². The molecule has 17 heavy (non-hydrogen) atoms. The second-order valence-electron chi connectivity index (χ2n) is 3.39. The summed E-state index contributed by atoms with van der Waals surface area (Å²) in [5, 5.41) is 19.0. The van der Waals surface area contributed by atoms with E-state index in [2.05, 4.69) is 0 Å². The molecule has 0 saturated carbocycles. The third kappa shape index (κ3) is 2.63. The van der Waals surface area contributed by atoms with Gasteiger partial charge in [0.15, 0.2) is 0 Å². The number of carbonyl (C=O) groups is 2. The predicted octanol–water partition coefficient (Wildman–Crippen LogP) is 2.23. The van der Waals surface area contributed by atoms with E-state index in [4.69, 9.17) is 10.2 Å². The van der Waals surface area contributed by atoms with Gasteiger partial charge in [0.25, 0.3) is 0 Å². The molecule has 2 aromatic carbocycles. The van der Waals surface area contributed by atoms with E-state index in [1.165, 1.54) is 24.3 Å². The Bertz CT molecular complexity index is 539. The first kappa shape index (κ1) is 13.2. The van der Waals surface area contributed by atoms with Gasteiger partial charge in [0, 0.05) is 16.8 Å². The fourth-order valence-electron chi connectivity index (χ4n) is 1.51. The molecule has 89 valence electrons. The Balaban J connectivity index is 0.00000144. The zero-order chi connectivity index (χ0) is 11.7. The second kappa shape index (κ2) is 4.98. The molecule has 2 N–H and O–H groups in total. The Morgan fingerprint density at radius 3 is 1.41 bits per heavy atom. The molecule has 0 unspecified atom stereocenters. The van der Waals surface area contributed by atoms with Crippen LogP contribution in [0.3, 0.4) is 0 Å². The molecule has 0 atom stereocenters. The van der Waals surface area contributed by atoms with E-state index < -0.39 is 11.9 Å². The molecule has 0 aliphatic rings. The molecule has 0 spiro atoms. The Morgan fingerprint density at radius 1 is 0.765 bits per heavy atom. The smallest absolute Gasteiger partial charge is 0.335 e. The van der Waals surface area contributed by atoms with Crippen LogP contribution in [0.15, 0.2) is 36.4 Å². The van der Waals surface area contributed by atoms with Gasteiger partial charge in [-0.15, -0.1) is 0 Å². The summed E-state index contributed by atoms with van der Waals surface area (Å²) >= 11 is 0. The quantitative estimate of drug-likeness (QED) is 0.881. The monoisotopic (exact) mass is 275 g/mol. The van der Waals surface area contributed by atoms with Crippen molar-refractivity contribution in [1.82, 2.24) is 0 Å². The van der Waals surface area contributed by atoms with Gasteiger partial charge < -0.3 is 10.2 Å². The van der Waals surface area contributed by atoms with E-state index in [0.717, 1.165) is 0 Å². The van der Waals surface area contributed by atoms with E-state index in [9.17, 15) is 9.59 Å². The minimum atomic E-state index is -0.996. The average Bonchev–Trinajstić information content (AvgIpc) is 2.27. The molecule has 0 aliphatic heterocycles. The number of benzene rings is 2. The number of aromatic carboxylic acids is 2. The van der Waals surface area contributed by atoms with Crippen molar-refractivity contribution in [1.29, 1.82) is 0 Å². The average molecular weight is 275 g/mol. The summed E-state index contributed by atoms with van der Waals surface area (Å²) in [6.07, 6.45) is 0.